The van der Waals surface area contributed by atoms with Crippen molar-refractivity contribution in [3.8, 4) is 11.6 Å². The summed E-state index contributed by atoms with van der Waals surface area (Å²) in [4.78, 5) is 18.4. The van der Waals surface area contributed by atoms with Crippen LogP contribution in [0.5, 0.6) is 11.6 Å². The Morgan fingerprint density at radius 2 is 2.12 bits per heavy atom. The van der Waals surface area contributed by atoms with Gasteiger partial charge in [0.2, 0.25) is 5.88 Å². The van der Waals surface area contributed by atoms with E-state index in [1.54, 1.807) is 18.3 Å². The van der Waals surface area contributed by atoms with Gasteiger partial charge in [-0.2, -0.15) is 0 Å². The average molecular weight is 421 g/mol. The number of benzene rings is 1. The monoisotopic (exact) mass is 420 g/mol. The van der Waals surface area contributed by atoms with Gasteiger partial charge in [0.15, 0.2) is 0 Å². The molecular weight excluding hydrogens is 400 g/mol. The highest BCUT2D eigenvalue weighted by Crippen LogP contribution is 2.23. The van der Waals surface area contributed by atoms with Gasteiger partial charge in [0.25, 0.3) is 0 Å². The van der Waals surface area contributed by atoms with E-state index < -0.39 is 0 Å². The van der Waals surface area contributed by atoms with E-state index in [4.69, 9.17) is 9.47 Å². The number of ether oxygens (including phenoxy) is 2. The van der Waals surface area contributed by atoms with Crippen LogP contribution in [0.1, 0.15) is 0 Å². The summed E-state index contributed by atoms with van der Waals surface area (Å²) in [6.45, 7) is 4.73. The van der Waals surface area contributed by atoms with E-state index in [-0.39, 0.29) is 6.03 Å². The first-order valence-corrected chi connectivity index (χ1v) is 9.23. The third-order valence-corrected chi connectivity index (χ3v) is 4.32. The van der Waals surface area contributed by atoms with Crippen LogP contribution in [0.15, 0.2) is 47.1 Å². The van der Waals surface area contributed by atoms with Gasteiger partial charge in [-0.1, -0.05) is 22.0 Å². The van der Waals surface area contributed by atoms with Gasteiger partial charge >= 0.3 is 6.03 Å². The fourth-order valence-corrected chi connectivity index (χ4v) is 2.87. The first kappa shape index (κ1) is 18.6. The zero-order chi connectivity index (χ0) is 18.2. The van der Waals surface area contributed by atoms with Gasteiger partial charge in [-0.25, -0.2) is 9.78 Å². The summed E-state index contributed by atoms with van der Waals surface area (Å²) in [6, 6.07) is 10.7. The second kappa shape index (κ2) is 9.51. The second-order valence-corrected chi connectivity index (χ2v) is 6.70. The minimum absolute atomic E-state index is 0.249. The maximum atomic E-state index is 11.9. The highest BCUT2D eigenvalue weighted by Gasteiger charge is 2.10. The number of rotatable bonds is 6. The van der Waals surface area contributed by atoms with Crippen LogP contribution in [-0.4, -0.2) is 55.3 Å². The van der Waals surface area contributed by atoms with Gasteiger partial charge < -0.3 is 20.1 Å². The number of carbonyl (C=O) groups excluding carboxylic acids is 1. The third kappa shape index (κ3) is 5.98. The predicted molar refractivity (Wildman–Crippen MR) is 103 cm³/mol. The van der Waals surface area contributed by atoms with Crippen molar-refractivity contribution in [1.82, 2.24) is 15.2 Å². The molecule has 0 unspecified atom stereocenters. The lowest BCUT2D eigenvalue weighted by molar-refractivity contribution is 0.0388. The molecule has 1 aliphatic rings. The molecule has 2 aromatic rings. The van der Waals surface area contributed by atoms with Gasteiger partial charge in [-0.05, 0) is 24.3 Å². The van der Waals surface area contributed by atoms with Gasteiger partial charge in [0, 0.05) is 36.7 Å². The Bertz CT molecular complexity index is 721. The van der Waals surface area contributed by atoms with Gasteiger partial charge in [-0.3, -0.25) is 4.90 Å². The van der Waals surface area contributed by atoms with Gasteiger partial charge in [0.1, 0.15) is 5.75 Å². The van der Waals surface area contributed by atoms with Gasteiger partial charge in [0.05, 0.1) is 25.1 Å². The fraction of sp³-hybridized carbons (Fsp3) is 0.333. The number of morpholine rings is 1. The topological polar surface area (TPSA) is 75.7 Å². The Morgan fingerprint density at radius 1 is 1.27 bits per heavy atom. The molecule has 1 aromatic carbocycles. The van der Waals surface area contributed by atoms with Gasteiger partial charge in [-0.15, -0.1) is 0 Å². The number of nitrogens with zero attached hydrogens (tertiary/aromatic N) is 2. The van der Waals surface area contributed by atoms with Crippen LogP contribution < -0.4 is 15.4 Å². The zero-order valence-electron chi connectivity index (χ0n) is 14.3. The minimum atomic E-state index is -0.249. The molecule has 7 nitrogen and oxygen atoms in total. The highest BCUT2D eigenvalue weighted by molar-refractivity contribution is 9.10. The maximum Gasteiger partial charge on any atom is 0.319 e. The number of halogens is 1. The molecule has 26 heavy (non-hydrogen) atoms. The molecule has 1 fully saturated rings. The summed E-state index contributed by atoms with van der Waals surface area (Å²) in [5.41, 5.74) is 0.607. The van der Waals surface area contributed by atoms with Crippen LogP contribution in [0, 0.1) is 0 Å². The van der Waals surface area contributed by atoms with E-state index in [1.165, 1.54) is 0 Å². The molecule has 1 aromatic heterocycles. The molecule has 0 radical (unpaired) electrons. The predicted octanol–water partition coefficient (Wildman–Crippen LogP) is 3.09. The molecule has 0 atom stereocenters. The molecule has 8 heteroatoms. The molecule has 0 bridgehead atoms. The Balaban J connectivity index is 1.42. The number of hydrogen-bond acceptors (Lipinski definition) is 5. The Hall–Kier alpha value is -2.16. The van der Waals surface area contributed by atoms with Crippen LogP contribution in [0.4, 0.5) is 10.5 Å². The summed E-state index contributed by atoms with van der Waals surface area (Å²) in [5, 5.41) is 5.60. The third-order valence-electron chi connectivity index (χ3n) is 3.83. The highest BCUT2D eigenvalue weighted by atomic mass is 79.9. The standard InChI is InChI=1S/C18H21BrN4O3/c19-14-2-1-3-16(12-14)26-17-5-4-15(13-21-17)22-18(24)20-6-7-23-8-10-25-11-9-23/h1-5,12-13H,6-11H2,(H2,20,22,24). The van der Waals surface area contributed by atoms with E-state index in [1.807, 2.05) is 24.3 Å². The Morgan fingerprint density at radius 3 is 2.85 bits per heavy atom. The number of pyridine rings is 1. The Kier molecular flexibility index (Phi) is 6.82. The number of nitrogens with one attached hydrogen (secondary N) is 2. The van der Waals surface area contributed by atoms with E-state index in [0.717, 1.165) is 37.3 Å². The summed E-state index contributed by atoms with van der Waals surface area (Å²) >= 11 is 3.40. The summed E-state index contributed by atoms with van der Waals surface area (Å²) in [5.74, 6) is 1.15. The lowest BCUT2D eigenvalue weighted by Gasteiger charge is -2.26. The molecular formula is C18H21BrN4O3. The zero-order valence-corrected chi connectivity index (χ0v) is 15.9. The number of amides is 2. The van der Waals surface area contributed by atoms with Crippen molar-refractivity contribution >= 4 is 27.6 Å². The number of aromatic nitrogens is 1. The molecule has 3 rings (SSSR count). The van der Waals surface area contributed by atoms with Crippen molar-refractivity contribution in [3.05, 3.63) is 47.1 Å². The minimum Gasteiger partial charge on any atom is -0.439 e. The van der Waals surface area contributed by atoms with Crippen LogP contribution in [-0.2, 0) is 4.74 Å². The molecule has 138 valence electrons. The lowest BCUT2D eigenvalue weighted by atomic mass is 10.3. The van der Waals surface area contributed by atoms with Crippen molar-refractivity contribution in [3.63, 3.8) is 0 Å². The van der Waals surface area contributed by atoms with Crippen LogP contribution in [0.2, 0.25) is 0 Å². The average Bonchev–Trinajstić information content (AvgIpc) is 2.64. The van der Waals surface area contributed by atoms with Crippen molar-refractivity contribution < 1.29 is 14.3 Å². The molecule has 1 aliphatic heterocycles. The number of urea groups is 1. The number of carbonyl (C=O) groups is 1. The summed E-state index contributed by atoms with van der Waals surface area (Å²) in [7, 11) is 0. The molecule has 2 N–H and O–H groups in total. The van der Waals surface area contributed by atoms with Crippen LogP contribution >= 0.6 is 15.9 Å². The van der Waals surface area contributed by atoms with Crippen molar-refractivity contribution in [1.29, 1.82) is 0 Å². The largest absolute Gasteiger partial charge is 0.439 e. The molecule has 2 heterocycles. The van der Waals surface area contributed by atoms with E-state index >= 15 is 0 Å². The summed E-state index contributed by atoms with van der Waals surface area (Å²) < 4.78 is 11.9. The van der Waals surface area contributed by atoms with E-state index in [0.29, 0.717) is 23.9 Å². The van der Waals surface area contributed by atoms with Crippen molar-refractivity contribution in [2.45, 2.75) is 0 Å². The first-order valence-electron chi connectivity index (χ1n) is 8.43. The second-order valence-electron chi connectivity index (χ2n) is 5.78. The quantitative estimate of drug-likeness (QED) is 0.750. The molecule has 0 saturated carbocycles. The first-order chi connectivity index (χ1) is 12.7. The summed E-state index contributed by atoms with van der Waals surface area (Å²) in [6.07, 6.45) is 1.56. The fourth-order valence-electron chi connectivity index (χ4n) is 2.49. The molecule has 0 spiro atoms. The SMILES string of the molecule is O=C(NCCN1CCOCC1)Nc1ccc(Oc2cccc(Br)c2)nc1. The van der Waals surface area contributed by atoms with E-state index in [2.05, 4.69) is 36.4 Å². The van der Waals surface area contributed by atoms with Crippen molar-refractivity contribution in [2.24, 2.45) is 0 Å². The maximum absolute atomic E-state index is 11.9. The van der Waals surface area contributed by atoms with Crippen molar-refractivity contribution in [2.75, 3.05) is 44.7 Å². The molecule has 1 saturated heterocycles. The normalized spacial score (nSPS) is 14.7. The lowest BCUT2D eigenvalue weighted by Crippen LogP contribution is -2.42. The Labute approximate surface area is 160 Å². The van der Waals surface area contributed by atoms with Crippen LogP contribution in [0.3, 0.4) is 0 Å². The van der Waals surface area contributed by atoms with E-state index in [9.17, 15) is 4.79 Å². The molecule has 2 amide bonds. The smallest absolute Gasteiger partial charge is 0.319 e. The van der Waals surface area contributed by atoms with Crippen LogP contribution in [0.25, 0.3) is 0 Å². The number of hydrogen-bond donors (Lipinski definition) is 2. The number of anilines is 1. The molecule has 0 aliphatic carbocycles.